The minimum absolute atomic E-state index is 0.225. The normalized spacial score (nSPS) is 17.9. The molecule has 5 nitrogen and oxygen atoms in total. The van der Waals surface area contributed by atoms with E-state index in [-0.39, 0.29) is 16.7 Å². The van der Waals surface area contributed by atoms with Crippen LogP contribution in [0.1, 0.15) is 25.3 Å². The van der Waals surface area contributed by atoms with Gasteiger partial charge in [0.2, 0.25) is 0 Å². The van der Waals surface area contributed by atoms with E-state index in [0.29, 0.717) is 12.3 Å². The summed E-state index contributed by atoms with van der Waals surface area (Å²) in [6, 6.07) is 7.32. The molecule has 0 aliphatic carbocycles. The van der Waals surface area contributed by atoms with Gasteiger partial charge < -0.3 is 10.1 Å². The number of nitrogens with zero attached hydrogens (tertiary/aromatic N) is 1. The van der Waals surface area contributed by atoms with Gasteiger partial charge in [-0.3, -0.25) is 10.1 Å². The van der Waals surface area contributed by atoms with Crippen LogP contribution in [0.3, 0.4) is 0 Å². The van der Waals surface area contributed by atoms with Crippen molar-refractivity contribution in [1.29, 1.82) is 0 Å². The van der Waals surface area contributed by atoms with Crippen LogP contribution in [0.4, 0.5) is 5.69 Å². The fraction of sp³-hybridized carbons (Fsp3) is 0.600. The highest BCUT2D eigenvalue weighted by Gasteiger charge is 2.25. The summed E-state index contributed by atoms with van der Waals surface area (Å²) in [5.41, 5.74) is 1.04. The smallest absolute Gasteiger partial charge is 0.272 e. The van der Waals surface area contributed by atoms with E-state index in [4.69, 9.17) is 4.74 Å². The quantitative estimate of drug-likeness (QED) is 0.641. The van der Waals surface area contributed by atoms with E-state index in [1.807, 2.05) is 12.1 Å². The molecule has 1 aliphatic heterocycles. The van der Waals surface area contributed by atoms with Gasteiger partial charge in [0.25, 0.3) is 5.69 Å². The molecule has 1 aromatic rings. The van der Waals surface area contributed by atoms with Crippen LogP contribution in [0.5, 0.6) is 0 Å². The van der Waals surface area contributed by atoms with Gasteiger partial charge in [0.1, 0.15) is 0 Å². The van der Waals surface area contributed by atoms with Crippen molar-refractivity contribution in [3.63, 3.8) is 0 Å². The summed E-state index contributed by atoms with van der Waals surface area (Å²) < 4.78 is 5.40. The highest BCUT2D eigenvalue weighted by molar-refractivity contribution is 5.40. The van der Waals surface area contributed by atoms with Crippen molar-refractivity contribution in [2.45, 2.75) is 32.2 Å². The zero-order chi connectivity index (χ0) is 14.4. The lowest BCUT2D eigenvalue weighted by Crippen LogP contribution is -2.40. The summed E-state index contributed by atoms with van der Waals surface area (Å²) in [7, 11) is 0. The van der Waals surface area contributed by atoms with E-state index < -0.39 is 0 Å². The molecule has 1 saturated heterocycles. The second kappa shape index (κ2) is 7.36. The number of hydrogen-bond donors (Lipinski definition) is 1. The number of hydrogen-bond acceptors (Lipinski definition) is 4. The highest BCUT2D eigenvalue weighted by atomic mass is 16.6. The van der Waals surface area contributed by atoms with Gasteiger partial charge in [0.05, 0.1) is 4.92 Å². The predicted molar refractivity (Wildman–Crippen MR) is 77.8 cm³/mol. The standard InChI is InChI=1S/C15H22N2O3/c1-2-16-14(12-7-9-20-10-8-12)11-13-5-3-4-6-15(13)17(18)19/h3-6,12,14,16H,2,7-11H2,1H3. The predicted octanol–water partition coefficient (Wildman–Crippen LogP) is 2.54. The topological polar surface area (TPSA) is 64.4 Å². The molecule has 1 aliphatic rings. The molecule has 0 bridgehead atoms. The summed E-state index contributed by atoms with van der Waals surface area (Å²) >= 11 is 0. The summed E-state index contributed by atoms with van der Waals surface area (Å²) in [5.74, 6) is 0.531. The van der Waals surface area contributed by atoms with E-state index >= 15 is 0 Å². The largest absolute Gasteiger partial charge is 0.381 e. The zero-order valence-electron chi connectivity index (χ0n) is 11.9. The maximum absolute atomic E-state index is 11.1. The molecular weight excluding hydrogens is 256 g/mol. The third-order valence-electron chi connectivity index (χ3n) is 3.93. The molecule has 1 N–H and O–H groups in total. The van der Waals surface area contributed by atoms with Gasteiger partial charge in [-0.05, 0) is 31.7 Å². The van der Waals surface area contributed by atoms with Crippen LogP contribution in [0.25, 0.3) is 0 Å². The van der Waals surface area contributed by atoms with Gasteiger partial charge in [0, 0.05) is 30.9 Å². The van der Waals surface area contributed by atoms with E-state index in [2.05, 4.69) is 12.2 Å². The first kappa shape index (κ1) is 14.9. The SMILES string of the molecule is CCNC(Cc1ccccc1[N+](=O)[O-])C1CCOCC1. The Hall–Kier alpha value is -1.46. The summed E-state index contributed by atoms with van der Waals surface area (Å²) in [6.45, 7) is 4.54. The molecule has 1 unspecified atom stereocenters. The Kier molecular flexibility index (Phi) is 5.49. The van der Waals surface area contributed by atoms with Crippen LogP contribution in [-0.2, 0) is 11.2 Å². The van der Waals surface area contributed by atoms with Gasteiger partial charge in [0.15, 0.2) is 0 Å². The molecule has 1 heterocycles. The third-order valence-corrected chi connectivity index (χ3v) is 3.93. The van der Waals surface area contributed by atoms with Gasteiger partial charge in [-0.2, -0.15) is 0 Å². The maximum Gasteiger partial charge on any atom is 0.272 e. The minimum atomic E-state index is -0.289. The number of nitro benzene ring substituents is 1. The molecule has 1 fully saturated rings. The monoisotopic (exact) mass is 278 g/mol. The molecule has 0 aromatic heterocycles. The molecule has 0 amide bonds. The van der Waals surface area contributed by atoms with Gasteiger partial charge in [-0.1, -0.05) is 25.1 Å². The van der Waals surface area contributed by atoms with Crippen molar-refractivity contribution in [2.75, 3.05) is 19.8 Å². The third kappa shape index (κ3) is 3.77. The molecule has 20 heavy (non-hydrogen) atoms. The Morgan fingerprint density at radius 1 is 1.40 bits per heavy atom. The Bertz CT molecular complexity index is 444. The highest BCUT2D eigenvalue weighted by Crippen LogP contribution is 2.25. The summed E-state index contributed by atoms with van der Waals surface area (Å²) in [4.78, 5) is 10.8. The lowest BCUT2D eigenvalue weighted by atomic mass is 9.87. The second-order valence-corrected chi connectivity index (χ2v) is 5.20. The van der Waals surface area contributed by atoms with Crippen LogP contribution in [0, 0.1) is 16.0 Å². The van der Waals surface area contributed by atoms with Crippen LogP contribution in [0.2, 0.25) is 0 Å². The van der Waals surface area contributed by atoms with E-state index in [1.165, 1.54) is 0 Å². The van der Waals surface area contributed by atoms with E-state index in [0.717, 1.165) is 38.2 Å². The Balaban J connectivity index is 2.13. The first-order chi connectivity index (χ1) is 9.72. The van der Waals surface area contributed by atoms with E-state index in [9.17, 15) is 10.1 Å². The fourth-order valence-corrected chi connectivity index (χ4v) is 2.88. The first-order valence-electron chi connectivity index (χ1n) is 7.25. The number of benzene rings is 1. The lowest BCUT2D eigenvalue weighted by molar-refractivity contribution is -0.385. The first-order valence-corrected chi connectivity index (χ1v) is 7.25. The number of rotatable bonds is 6. The molecule has 1 atom stereocenters. The van der Waals surface area contributed by atoms with Crippen LogP contribution in [0.15, 0.2) is 24.3 Å². The van der Waals surface area contributed by atoms with Crippen molar-refractivity contribution < 1.29 is 9.66 Å². The number of nitrogens with one attached hydrogen (secondary N) is 1. The van der Waals surface area contributed by atoms with Crippen molar-refractivity contribution in [3.05, 3.63) is 39.9 Å². The number of para-hydroxylation sites is 1. The molecule has 2 rings (SSSR count). The fourth-order valence-electron chi connectivity index (χ4n) is 2.88. The molecule has 1 aromatic carbocycles. The molecule has 0 saturated carbocycles. The molecule has 110 valence electrons. The Morgan fingerprint density at radius 3 is 2.75 bits per heavy atom. The molecular formula is C15H22N2O3. The average Bonchev–Trinajstić information content (AvgIpc) is 2.48. The maximum atomic E-state index is 11.1. The van der Waals surface area contributed by atoms with Crippen LogP contribution in [-0.4, -0.2) is 30.7 Å². The number of nitro groups is 1. The van der Waals surface area contributed by atoms with Gasteiger partial charge >= 0.3 is 0 Å². The number of ether oxygens (including phenoxy) is 1. The summed E-state index contributed by atoms with van der Waals surface area (Å²) in [5, 5.41) is 14.6. The zero-order valence-corrected chi connectivity index (χ0v) is 11.9. The second-order valence-electron chi connectivity index (χ2n) is 5.20. The Morgan fingerprint density at radius 2 is 2.10 bits per heavy atom. The van der Waals surface area contributed by atoms with Crippen molar-refractivity contribution >= 4 is 5.69 Å². The molecule has 0 spiro atoms. The molecule has 0 radical (unpaired) electrons. The lowest BCUT2D eigenvalue weighted by Gasteiger charge is -2.31. The molecule has 5 heteroatoms. The van der Waals surface area contributed by atoms with Gasteiger partial charge in [-0.25, -0.2) is 0 Å². The van der Waals surface area contributed by atoms with Crippen molar-refractivity contribution in [1.82, 2.24) is 5.32 Å². The average molecular weight is 278 g/mol. The van der Waals surface area contributed by atoms with Crippen LogP contribution >= 0.6 is 0 Å². The van der Waals surface area contributed by atoms with Gasteiger partial charge in [-0.15, -0.1) is 0 Å². The number of likely N-dealkylation sites (N-methyl/N-ethyl adjacent to an activating group) is 1. The minimum Gasteiger partial charge on any atom is -0.381 e. The van der Waals surface area contributed by atoms with Crippen molar-refractivity contribution in [2.24, 2.45) is 5.92 Å². The van der Waals surface area contributed by atoms with Crippen LogP contribution < -0.4 is 5.32 Å². The van der Waals surface area contributed by atoms with Crippen molar-refractivity contribution in [3.8, 4) is 0 Å². The summed E-state index contributed by atoms with van der Waals surface area (Å²) in [6.07, 6.45) is 2.76. The van der Waals surface area contributed by atoms with E-state index in [1.54, 1.807) is 12.1 Å². The Labute approximate surface area is 119 Å².